The molecule has 1 aliphatic heterocycles. The fraction of sp³-hybridized carbons (Fsp3) is 0.480. The number of nitrogens with one attached hydrogen (secondary N) is 1. The second-order valence-electron chi connectivity index (χ2n) is 9.40. The maximum Gasteiger partial charge on any atom is 0.255 e. The summed E-state index contributed by atoms with van der Waals surface area (Å²) in [6.45, 7) is 2.08. The summed E-state index contributed by atoms with van der Waals surface area (Å²) < 4.78 is 13.1. The van der Waals surface area contributed by atoms with Gasteiger partial charge >= 0.3 is 0 Å². The van der Waals surface area contributed by atoms with Crippen LogP contribution in [0.3, 0.4) is 0 Å². The average molecular weight is 438 g/mol. The van der Waals surface area contributed by atoms with Crippen molar-refractivity contribution in [2.45, 2.75) is 50.8 Å². The number of Topliss-reactive ketones (excluding diaryl/α,β-unsaturated/α-hetero) is 2. The number of allylic oxidation sites excluding steroid dienone is 1. The number of aliphatic hydroxyl groups is 1. The number of fused-ring (bicyclic) bond motifs is 1. The average Bonchev–Trinajstić information content (AvgIpc) is 3.60. The zero-order valence-electron chi connectivity index (χ0n) is 17.9. The lowest BCUT2D eigenvalue weighted by molar-refractivity contribution is -0.131. The summed E-state index contributed by atoms with van der Waals surface area (Å²) >= 11 is 0. The molecule has 7 heteroatoms. The summed E-state index contributed by atoms with van der Waals surface area (Å²) in [7, 11) is 0. The lowest BCUT2D eigenvalue weighted by Crippen LogP contribution is -2.53. The van der Waals surface area contributed by atoms with Crippen LogP contribution in [-0.4, -0.2) is 52.7 Å². The van der Waals surface area contributed by atoms with Gasteiger partial charge in [-0.1, -0.05) is 12.1 Å². The minimum absolute atomic E-state index is 0.0655. The molecule has 1 aromatic rings. The van der Waals surface area contributed by atoms with Crippen LogP contribution < -0.4 is 5.32 Å². The Morgan fingerprint density at radius 3 is 2.59 bits per heavy atom. The molecule has 0 aromatic heterocycles. The Hall–Kier alpha value is -2.64. The fourth-order valence-electron chi connectivity index (χ4n) is 5.28. The molecule has 0 bridgehead atoms. The smallest absolute Gasteiger partial charge is 0.255 e. The molecule has 0 spiro atoms. The van der Waals surface area contributed by atoms with Crippen molar-refractivity contribution in [3.8, 4) is 0 Å². The molecule has 2 N–H and O–H groups in total. The molecular formula is C25H27FN2O4. The van der Waals surface area contributed by atoms with Crippen LogP contribution in [0.15, 0.2) is 47.1 Å². The summed E-state index contributed by atoms with van der Waals surface area (Å²) in [5.41, 5.74) is 1.35. The first-order chi connectivity index (χ1) is 15.4. The van der Waals surface area contributed by atoms with Crippen molar-refractivity contribution in [3.05, 3.63) is 58.4 Å². The predicted molar refractivity (Wildman–Crippen MR) is 115 cm³/mol. The first-order valence-electron chi connectivity index (χ1n) is 11.4. The van der Waals surface area contributed by atoms with Crippen LogP contribution in [0.25, 0.3) is 0 Å². The van der Waals surface area contributed by atoms with Crippen LogP contribution in [0.4, 0.5) is 4.39 Å². The van der Waals surface area contributed by atoms with E-state index in [-0.39, 0.29) is 41.3 Å². The van der Waals surface area contributed by atoms with Crippen molar-refractivity contribution in [2.75, 3.05) is 13.1 Å². The third-order valence-electron chi connectivity index (χ3n) is 7.18. The number of hydrogen-bond donors (Lipinski definition) is 2. The minimum atomic E-state index is -1.59. The Bertz CT molecular complexity index is 1020. The lowest BCUT2D eigenvalue weighted by Gasteiger charge is -2.45. The van der Waals surface area contributed by atoms with Gasteiger partial charge < -0.3 is 10.4 Å². The molecule has 32 heavy (non-hydrogen) atoms. The number of ketones is 2. The summed E-state index contributed by atoms with van der Waals surface area (Å²) in [4.78, 5) is 41.2. The standard InChI is InChI=1S/C25H27FN2O4/c26-17-7-5-14(6-8-17)12-27-25(32)19-10-16-11-20-18(22(29)21(16)24(31)23(19)30)2-1-9-28(20)13-15-3-4-15/h5-8,10,15,18,20,24,31H,1-4,9,11-13H2,(H,27,32). The van der Waals surface area contributed by atoms with E-state index in [1.54, 1.807) is 12.1 Å². The molecule has 3 atom stereocenters. The summed E-state index contributed by atoms with van der Waals surface area (Å²) in [5, 5.41) is 13.4. The molecule has 2 fully saturated rings. The number of benzene rings is 1. The van der Waals surface area contributed by atoms with Gasteiger partial charge in [0.25, 0.3) is 5.91 Å². The van der Waals surface area contributed by atoms with Crippen molar-refractivity contribution >= 4 is 17.5 Å². The molecule has 5 rings (SSSR count). The van der Waals surface area contributed by atoms with Gasteiger partial charge in [-0.25, -0.2) is 4.39 Å². The summed E-state index contributed by atoms with van der Waals surface area (Å²) in [6, 6.07) is 5.78. The van der Waals surface area contributed by atoms with Gasteiger partial charge in [0.2, 0.25) is 5.78 Å². The molecule has 3 aliphatic carbocycles. The minimum Gasteiger partial charge on any atom is -0.380 e. The Kier molecular flexibility index (Phi) is 5.55. The highest BCUT2D eigenvalue weighted by Crippen LogP contribution is 2.42. The van der Waals surface area contributed by atoms with E-state index >= 15 is 0 Å². The van der Waals surface area contributed by atoms with E-state index in [2.05, 4.69) is 10.2 Å². The first kappa shape index (κ1) is 21.2. The summed E-state index contributed by atoms with van der Waals surface area (Å²) in [5.74, 6) is -1.33. The molecular weight excluding hydrogens is 411 g/mol. The Labute approximate surface area is 186 Å². The molecule has 168 valence electrons. The SMILES string of the molecule is O=C(NCc1ccc(F)cc1)C1=CC2=C(C(=O)C3CCCN(CC4CC4)C3C2)C(O)C1=O. The van der Waals surface area contributed by atoms with E-state index in [9.17, 15) is 23.9 Å². The predicted octanol–water partition coefficient (Wildman–Crippen LogP) is 2.07. The zero-order valence-corrected chi connectivity index (χ0v) is 17.9. The van der Waals surface area contributed by atoms with Gasteiger partial charge in [0.05, 0.1) is 5.57 Å². The van der Waals surface area contributed by atoms with Gasteiger partial charge in [-0.05, 0) is 73.9 Å². The third-order valence-corrected chi connectivity index (χ3v) is 7.18. The van der Waals surface area contributed by atoms with Crippen LogP contribution in [-0.2, 0) is 20.9 Å². The zero-order chi connectivity index (χ0) is 22.4. The van der Waals surface area contributed by atoms with E-state index in [0.717, 1.165) is 25.9 Å². The van der Waals surface area contributed by atoms with Crippen molar-refractivity contribution in [2.24, 2.45) is 11.8 Å². The molecule has 4 aliphatic rings. The van der Waals surface area contributed by atoms with Crippen molar-refractivity contribution in [1.29, 1.82) is 0 Å². The molecule has 1 aromatic carbocycles. The number of aliphatic hydroxyl groups excluding tert-OH is 1. The van der Waals surface area contributed by atoms with Crippen molar-refractivity contribution in [3.63, 3.8) is 0 Å². The van der Waals surface area contributed by atoms with Gasteiger partial charge in [-0.2, -0.15) is 0 Å². The highest BCUT2D eigenvalue weighted by Gasteiger charge is 2.47. The van der Waals surface area contributed by atoms with Gasteiger partial charge in [-0.15, -0.1) is 0 Å². The maximum atomic E-state index is 13.3. The Morgan fingerprint density at radius 2 is 1.88 bits per heavy atom. The molecule has 3 unspecified atom stereocenters. The van der Waals surface area contributed by atoms with E-state index in [0.29, 0.717) is 23.5 Å². The van der Waals surface area contributed by atoms with E-state index < -0.39 is 17.8 Å². The molecule has 0 radical (unpaired) electrons. The fourth-order valence-corrected chi connectivity index (χ4v) is 5.28. The number of carbonyl (C=O) groups excluding carboxylic acids is 3. The molecule has 1 heterocycles. The van der Waals surface area contributed by atoms with Crippen LogP contribution >= 0.6 is 0 Å². The van der Waals surface area contributed by atoms with Crippen molar-refractivity contribution in [1.82, 2.24) is 10.2 Å². The number of hydrogen-bond acceptors (Lipinski definition) is 5. The van der Waals surface area contributed by atoms with Crippen LogP contribution in [0.1, 0.15) is 37.7 Å². The van der Waals surface area contributed by atoms with Gasteiger partial charge in [-0.3, -0.25) is 19.3 Å². The van der Waals surface area contributed by atoms with Crippen LogP contribution in [0.5, 0.6) is 0 Å². The first-order valence-corrected chi connectivity index (χ1v) is 11.4. The molecule has 6 nitrogen and oxygen atoms in total. The number of amides is 1. The largest absolute Gasteiger partial charge is 0.380 e. The highest BCUT2D eigenvalue weighted by molar-refractivity contribution is 6.25. The maximum absolute atomic E-state index is 13.3. The monoisotopic (exact) mass is 438 g/mol. The lowest BCUT2D eigenvalue weighted by atomic mass is 9.70. The van der Waals surface area contributed by atoms with Gasteiger partial charge in [0, 0.05) is 30.6 Å². The second kappa shape index (κ2) is 8.37. The summed E-state index contributed by atoms with van der Waals surface area (Å²) in [6.07, 6.45) is 4.67. The third kappa shape index (κ3) is 3.95. The van der Waals surface area contributed by atoms with Gasteiger partial charge in [0.1, 0.15) is 11.9 Å². The number of piperidine rings is 1. The van der Waals surface area contributed by atoms with E-state index in [1.807, 2.05) is 0 Å². The Morgan fingerprint density at radius 1 is 1.12 bits per heavy atom. The number of rotatable bonds is 5. The highest BCUT2D eigenvalue weighted by atomic mass is 19.1. The number of likely N-dealkylation sites (tertiary alicyclic amines) is 1. The second-order valence-corrected chi connectivity index (χ2v) is 9.40. The van der Waals surface area contributed by atoms with E-state index in [1.165, 1.54) is 31.1 Å². The van der Waals surface area contributed by atoms with Crippen LogP contribution in [0, 0.1) is 17.7 Å². The Balaban J connectivity index is 1.37. The normalized spacial score (nSPS) is 28.2. The topological polar surface area (TPSA) is 86.7 Å². The number of nitrogens with zero attached hydrogens (tertiary/aromatic N) is 1. The number of carbonyl (C=O) groups is 3. The molecule has 1 saturated heterocycles. The molecule has 1 saturated carbocycles. The van der Waals surface area contributed by atoms with Crippen molar-refractivity contribution < 1.29 is 23.9 Å². The van der Waals surface area contributed by atoms with Crippen LogP contribution in [0.2, 0.25) is 0 Å². The van der Waals surface area contributed by atoms with E-state index in [4.69, 9.17) is 0 Å². The van der Waals surface area contributed by atoms with Gasteiger partial charge in [0.15, 0.2) is 5.78 Å². The number of halogens is 1. The quantitative estimate of drug-likeness (QED) is 0.688. The molecule has 1 amide bonds.